The third-order valence-corrected chi connectivity index (χ3v) is 0. The zero-order valence-corrected chi connectivity index (χ0v) is 4.83. The van der Waals surface area contributed by atoms with Crippen LogP contribution in [0.1, 0.15) is 0 Å². The Morgan fingerprint density at radius 2 is 1.20 bits per heavy atom. The average Bonchev–Trinajstić information content (AvgIpc) is 0.918. The van der Waals surface area contributed by atoms with Crippen molar-refractivity contribution in [1.29, 1.82) is 0 Å². The van der Waals surface area contributed by atoms with Gasteiger partial charge in [0.1, 0.15) is 0 Å². The molecule has 5 heavy (non-hydrogen) atoms. The number of rotatable bonds is 0. The Balaban J connectivity index is -0.0000000200. The summed E-state index contributed by atoms with van der Waals surface area (Å²) in [5, 5.41) is 0. The summed E-state index contributed by atoms with van der Waals surface area (Å²) in [5.74, 6) is 0. The Kier molecular flexibility index (Phi) is 70.4. The predicted octanol–water partition coefficient (Wildman–Crippen LogP) is -0.558. The van der Waals surface area contributed by atoms with E-state index in [1.165, 1.54) is 0 Å². The summed E-state index contributed by atoms with van der Waals surface area (Å²) in [7, 11) is 0. The molecule has 0 bridgehead atoms. The molecule has 0 unspecified atom stereocenters. The van der Waals surface area contributed by atoms with Crippen molar-refractivity contribution in [3.63, 3.8) is 0 Å². The zero-order valence-electron chi connectivity index (χ0n) is 2.46. The third kappa shape index (κ3) is 52.8. The summed E-state index contributed by atoms with van der Waals surface area (Å²) in [4.78, 5) is 0. The monoisotopic (exact) mass is 187 g/mol. The Morgan fingerprint density at radius 1 is 1.20 bits per heavy atom. The fourth-order valence-electron chi connectivity index (χ4n) is 0. The van der Waals surface area contributed by atoms with Gasteiger partial charge in [0, 0.05) is 20.4 Å². The predicted molar refractivity (Wildman–Crippen MR) is 19.9 cm³/mol. The van der Waals surface area contributed by atoms with Gasteiger partial charge in [-0.25, -0.2) is 6.67 Å². The maximum absolute atomic E-state index is 4.50. The zero-order chi connectivity index (χ0) is 2.71. The van der Waals surface area contributed by atoms with E-state index in [2.05, 4.69) is 11.5 Å². The molecule has 0 aromatic heterocycles. The number of hydrogen-bond acceptors (Lipinski definition) is 2. The summed E-state index contributed by atoms with van der Waals surface area (Å²) in [6, 6.07) is 0. The fourth-order valence-corrected chi connectivity index (χ4v) is 0. The minimum atomic E-state index is 0. The van der Waals surface area contributed by atoms with Crippen LogP contribution in [0, 0.1) is 6.67 Å². The van der Waals surface area contributed by atoms with Crippen LogP contribution in [0.25, 0.3) is 0 Å². The maximum atomic E-state index is 4.50. The fraction of sp³-hybridized carbons (Fsp3) is 0. The second-order valence-electron chi connectivity index (χ2n) is 0.192. The third-order valence-electron chi connectivity index (χ3n) is 0. The van der Waals surface area contributed by atoms with Crippen molar-refractivity contribution in [3.05, 3.63) is 6.67 Å². The Hall–Kier alpha value is 0.872. The Labute approximate surface area is 51.4 Å². The first-order valence-corrected chi connectivity index (χ1v) is 0.667. The smallest absolute Gasteiger partial charge is 0 e. The van der Waals surface area contributed by atoms with Crippen LogP contribution in [0.2, 0.25) is 0 Å². The first-order chi connectivity index (χ1) is 1.41. The summed E-state index contributed by atoms with van der Waals surface area (Å²) in [5.41, 5.74) is 9.00. The molecule has 0 spiro atoms. The van der Waals surface area contributed by atoms with Crippen LogP contribution in [-0.4, -0.2) is 0 Å². The standard InChI is InChI=1S/CH5N2.ClH.Pd/c2-1-3;;/h1H,2-3H2;1H;/q-1;;. The van der Waals surface area contributed by atoms with Gasteiger partial charge in [-0.1, -0.05) is 0 Å². The topological polar surface area (TPSA) is 52.0 Å². The van der Waals surface area contributed by atoms with Crippen molar-refractivity contribution in [2.24, 2.45) is 11.5 Å². The van der Waals surface area contributed by atoms with Crippen LogP contribution >= 0.6 is 12.4 Å². The van der Waals surface area contributed by atoms with E-state index >= 15 is 0 Å². The normalized spacial score (nSPS) is 3.60. The van der Waals surface area contributed by atoms with E-state index in [1.807, 2.05) is 0 Å². The van der Waals surface area contributed by atoms with Gasteiger partial charge in [-0.3, -0.25) is 0 Å². The van der Waals surface area contributed by atoms with Crippen molar-refractivity contribution < 1.29 is 20.4 Å². The summed E-state index contributed by atoms with van der Waals surface area (Å²) < 4.78 is 0. The largest absolute Gasteiger partial charge is 0.470 e. The van der Waals surface area contributed by atoms with Crippen LogP contribution in [0.4, 0.5) is 0 Å². The van der Waals surface area contributed by atoms with Crippen molar-refractivity contribution in [3.8, 4) is 0 Å². The summed E-state index contributed by atoms with van der Waals surface area (Å²) >= 11 is 0. The molecule has 2 nitrogen and oxygen atoms in total. The van der Waals surface area contributed by atoms with Gasteiger partial charge in [0.2, 0.25) is 0 Å². The van der Waals surface area contributed by atoms with E-state index in [0.717, 1.165) is 6.67 Å². The van der Waals surface area contributed by atoms with Crippen LogP contribution in [0.3, 0.4) is 0 Å². The molecule has 4 N–H and O–H groups in total. The minimum Gasteiger partial charge on any atom is -0.470 e. The molecule has 0 aliphatic heterocycles. The first kappa shape index (κ1) is 16.9. The maximum Gasteiger partial charge on any atom is 0 e. The van der Waals surface area contributed by atoms with Crippen molar-refractivity contribution in [2.45, 2.75) is 0 Å². The van der Waals surface area contributed by atoms with E-state index < -0.39 is 0 Å². The van der Waals surface area contributed by atoms with Crippen molar-refractivity contribution in [2.75, 3.05) is 0 Å². The molecule has 0 saturated carbocycles. The molecular weight excluding hydrogens is 182 g/mol. The van der Waals surface area contributed by atoms with Gasteiger partial charge in [-0.05, 0) is 0 Å². The van der Waals surface area contributed by atoms with Gasteiger partial charge in [0.05, 0.1) is 0 Å². The molecule has 0 radical (unpaired) electrons. The van der Waals surface area contributed by atoms with Crippen LogP contribution in [0.5, 0.6) is 0 Å². The van der Waals surface area contributed by atoms with Gasteiger partial charge in [-0.2, -0.15) is 0 Å². The van der Waals surface area contributed by atoms with Gasteiger partial charge in [0.25, 0.3) is 0 Å². The molecule has 4 heteroatoms. The van der Waals surface area contributed by atoms with E-state index in [1.54, 1.807) is 0 Å². The van der Waals surface area contributed by atoms with Crippen molar-refractivity contribution >= 4 is 12.4 Å². The van der Waals surface area contributed by atoms with Crippen LogP contribution in [0.15, 0.2) is 0 Å². The first-order valence-electron chi connectivity index (χ1n) is 0.667. The minimum absolute atomic E-state index is 0. The average molecular weight is 188 g/mol. The second kappa shape index (κ2) is 20.8. The van der Waals surface area contributed by atoms with Crippen LogP contribution < -0.4 is 11.5 Å². The number of nitrogens with two attached hydrogens (primary N) is 2. The van der Waals surface area contributed by atoms with Gasteiger partial charge >= 0.3 is 0 Å². The molecule has 0 atom stereocenters. The molecular formula is CH6ClN2Pd-. The quantitative estimate of drug-likeness (QED) is 0.395. The molecule has 0 aliphatic carbocycles. The molecule has 0 aliphatic rings. The molecule has 0 fully saturated rings. The molecule has 0 aromatic carbocycles. The van der Waals surface area contributed by atoms with Gasteiger partial charge in [0.15, 0.2) is 0 Å². The Morgan fingerprint density at radius 3 is 1.20 bits per heavy atom. The Bertz CT molecular complexity index is 9.61. The summed E-state index contributed by atoms with van der Waals surface area (Å²) in [6.45, 7) is 1.00. The number of halogens is 1. The van der Waals surface area contributed by atoms with Crippen LogP contribution in [-0.2, 0) is 20.4 Å². The second-order valence-corrected chi connectivity index (χ2v) is 0.192. The van der Waals surface area contributed by atoms with E-state index in [0.29, 0.717) is 0 Å². The van der Waals surface area contributed by atoms with Crippen molar-refractivity contribution in [1.82, 2.24) is 0 Å². The molecule has 0 rings (SSSR count). The van der Waals surface area contributed by atoms with Gasteiger partial charge < -0.3 is 11.5 Å². The van der Waals surface area contributed by atoms with Gasteiger partial charge in [-0.15, -0.1) is 12.4 Å². The molecule has 38 valence electrons. The van der Waals surface area contributed by atoms with E-state index in [-0.39, 0.29) is 32.8 Å². The molecule has 0 aromatic rings. The molecule has 0 amide bonds. The summed E-state index contributed by atoms with van der Waals surface area (Å²) in [6.07, 6.45) is 0. The van der Waals surface area contributed by atoms with E-state index in [4.69, 9.17) is 0 Å². The molecule has 0 saturated heterocycles. The number of hydrogen-bond donors (Lipinski definition) is 2. The SMILES string of the molecule is Cl.N[CH-]N.[Pd]. The van der Waals surface area contributed by atoms with E-state index in [9.17, 15) is 0 Å². The molecule has 0 heterocycles.